The minimum atomic E-state index is -0.902. The largest absolute Gasteiger partial charge is 0.481 e. The highest BCUT2D eigenvalue weighted by Crippen LogP contribution is 2.36. The predicted molar refractivity (Wildman–Crippen MR) is 50.0 cm³/mol. The van der Waals surface area contributed by atoms with E-state index in [0.717, 1.165) is 0 Å². The second kappa shape index (κ2) is 2.97. The molecule has 0 bridgehead atoms. The summed E-state index contributed by atoms with van der Waals surface area (Å²) in [4.78, 5) is 12.5. The molecular formula is C10H10FNO2. The Kier molecular flexibility index (Phi) is 1.91. The van der Waals surface area contributed by atoms with E-state index in [1.165, 1.54) is 6.07 Å². The zero-order valence-electron chi connectivity index (χ0n) is 7.70. The molecule has 4 heteroatoms. The van der Waals surface area contributed by atoms with Gasteiger partial charge in [-0.2, -0.15) is 0 Å². The molecule has 0 fully saturated rings. The molecule has 2 rings (SSSR count). The number of benzene rings is 1. The van der Waals surface area contributed by atoms with Crippen LogP contribution in [0, 0.1) is 5.82 Å². The van der Waals surface area contributed by atoms with Crippen LogP contribution in [0.25, 0.3) is 0 Å². The van der Waals surface area contributed by atoms with Crippen LogP contribution in [0.3, 0.4) is 0 Å². The van der Waals surface area contributed by atoms with E-state index < -0.39 is 11.9 Å². The number of likely N-dealkylation sites (N-methyl/N-ethyl adjacent to an activating group) is 1. The number of nitrogens with zero attached hydrogens (tertiary/aromatic N) is 1. The van der Waals surface area contributed by atoms with Gasteiger partial charge in [0.25, 0.3) is 0 Å². The van der Waals surface area contributed by atoms with E-state index in [0.29, 0.717) is 17.8 Å². The van der Waals surface area contributed by atoms with Crippen molar-refractivity contribution in [1.82, 2.24) is 0 Å². The maximum absolute atomic E-state index is 13.3. The quantitative estimate of drug-likeness (QED) is 0.737. The minimum Gasteiger partial charge on any atom is -0.481 e. The monoisotopic (exact) mass is 195 g/mol. The van der Waals surface area contributed by atoms with Crippen molar-refractivity contribution >= 4 is 11.7 Å². The Labute approximate surface area is 80.8 Å². The molecule has 1 unspecified atom stereocenters. The number of carbonyl (C=O) groups is 1. The van der Waals surface area contributed by atoms with E-state index in [9.17, 15) is 9.18 Å². The van der Waals surface area contributed by atoms with E-state index >= 15 is 0 Å². The first kappa shape index (κ1) is 8.99. The van der Waals surface area contributed by atoms with Gasteiger partial charge in [0.1, 0.15) is 11.7 Å². The number of rotatable bonds is 1. The third-order valence-electron chi connectivity index (χ3n) is 2.53. The summed E-state index contributed by atoms with van der Waals surface area (Å²) < 4.78 is 13.3. The first-order chi connectivity index (χ1) is 6.61. The van der Waals surface area contributed by atoms with E-state index in [2.05, 4.69) is 0 Å². The maximum Gasteiger partial charge on any atom is 0.312 e. The lowest BCUT2D eigenvalue weighted by Gasteiger charge is -2.11. The normalized spacial score (nSPS) is 19.6. The summed E-state index contributed by atoms with van der Waals surface area (Å²) >= 11 is 0. The number of anilines is 1. The van der Waals surface area contributed by atoms with E-state index in [-0.39, 0.29) is 5.82 Å². The fraction of sp³-hybridized carbons (Fsp3) is 0.300. The molecule has 1 aliphatic rings. The lowest BCUT2D eigenvalue weighted by atomic mass is 10.0. The average molecular weight is 195 g/mol. The Morgan fingerprint density at radius 2 is 2.36 bits per heavy atom. The molecule has 1 aliphatic heterocycles. The number of carboxylic acid groups (broad SMARTS) is 1. The number of aliphatic carboxylic acids is 1. The van der Waals surface area contributed by atoms with Gasteiger partial charge in [0.2, 0.25) is 0 Å². The standard InChI is InChI=1S/C10H10FNO2/c1-12-5-7(10(13)14)6-3-2-4-8(11)9(6)12/h2-4,7H,5H2,1H3,(H,13,14). The second-order valence-electron chi connectivity index (χ2n) is 3.45. The van der Waals surface area contributed by atoms with Crippen molar-refractivity contribution in [3.05, 3.63) is 29.6 Å². The lowest BCUT2D eigenvalue weighted by molar-refractivity contribution is -0.138. The molecule has 1 atom stereocenters. The second-order valence-corrected chi connectivity index (χ2v) is 3.45. The fourth-order valence-electron chi connectivity index (χ4n) is 1.89. The van der Waals surface area contributed by atoms with Gasteiger partial charge in [0.15, 0.2) is 0 Å². The zero-order chi connectivity index (χ0) is 10.3. The Bertz CT molecular complexity index is 392. The summed E-state index contributed by atoms with van der Waals surface area (Å²) in [6.45, 7) is 0.339. The van der Waals surface area contributed by atoms with Crippen LogP contribution in [0.5, 0.6) is 0 Å². The number of hydrogen-bond donors (Lipinski definition) is 1. The van der Waals surface area contributed by atoms with Crippen LogP contribution in [-0.2, 0) is 4.79 Å². The van der Waals surface area contributed by atoms with Crippen molar-refractivity contribution in [3.63, 3.8) is 0 Å². The van der Waals surface area contributed by atoms with Crippen LogP contribution in [-0.4, -0.2) is 24.7 Å². The van der Waals surface area contributed by atoms with Gasteiger partial charge in [-0.3, -0.25) is 4.79 Å². The van der Waals surface area contributed by atoms with Gasteiger partial charge in [-0.25, -0.2) is 4.39 Å². The summed E-state index contributed by atoms with van der Waals surface area (Å²) in [5.74, 6) is -1.86. The SMILES string of the molecule is CN1CC(C(=O)O)c2cccc(F)c21. The fourth-order valence-corrected chi connectivity index (χ4v) is 1.89. The Balaban J connectivity index is 2.55. The molecule has 0 saturated carbocycles. The van der Waals surface area contributed by atoms with E-state index in [1.807, 2.05) is 0 Å². The summed E-state index contributed by atoms with van der Waals surface area (Å²) in [5.41, 5.74) is 0.986. The molecule has 1 aromatic carbocycles. The topological polar surface area (TPSA) is 40.5 Å². The highest BCUT2D eigenvalue weighted by molar-refractivity contribution is 5.82. The van der Waals surface area contributed by atoms with E-state index in [4.69, 9.17) is 5.11 Å². The van der Waals surface area contributed by atoms with Crippen molar-refractivity contribution in [2.45, 2.75) is 5.92 Å². The van der Waals surface area contributed by atoms with Gasteiger partial charge >= 0.3 is 5.97 Å². The number of fused-ring (bicyclic) bond motifs is 1. The minimum absolute atomic E-state index is 0.339. The van der Waals surface area contributed by atoms with Crippen molar-refractivity contribution in [2.24, 2.45) is 0 Å². The third kappa shape index (κ3) is 1.14. The van der Waals surface area contributed by atoms with Crippen molar-refractivity contribution < 1.29 is 14.3 Å². The lowest BCUT2D eigenvalue weighted by Crippen LogP contribution is -2.20. The van der Waals surface area contributed by atoms with Crippen LogP contribution in [0.2, 0.25) is 0 Å². The highest BCUT2D eigenvalue weighted by atomic mass is 19.1. The first-order valence-electron chi connectivity index (χ1n) is 4.33. The van der Waals surface area contributed by atoms with Gasteiger partial charge in [-0.15, -0.1) is 0 Å². The molecule has 0 radical (unpaired) electrons. The summed E-state index contributed by atoms with van der Waals surface area (Å²) in [5, 5.41) is 8.92. The van der Waals surface area contributed by atoms with Crippen LogP contribution >= 0.6 is 0 Å². The smallest absolute Gasteiger partial charge is 0.312 e. The Hall–Kier alpha value is -1.58. The van der Waals surface area contributed by atoms with Crippen molar-refractivity contribution in [1.29, 1.82) is 0 Å². The molecular weight excluding hydrogens is 185 g/mol. The Morgan fingerprint density at radius 3 is 3.00 bits per heavy atom. The van der Waals surface area contributed by atoms with Crippen LogP contribution in [0.1, 0.15) is 11.5 Å². The molecule has 1 aromatic rings. The first-order valence-corrected chi connectivity index (χ1v) is 4.33. The molecule has 0 saturated heterocycles. The molecule has 0 aromatic heterocycles. The van der Waals surface area contributed by atoms with Gasteiger partial charge in [-0.05, 0) is 11.6 Å². The Morgan fingerprint density at radius 1 is 1.64 bits per heavy atom. The van der Waals surface area contributed by atoms with Gasteiger partial charge < -0.3 is 10.0 Å². The molecule has 1 N–H and O–H groups in total. The molecule has 0 aliphatic carbocycles. The zero-order valence-corrected chi connectivity index (χ0v) is 7.70. The molecule has 0 amide bonds. The summed E-state index contributed by atoms with van der Waals surface area (Å²) in [6.07, 6.45) is 0. The van der Waals surface area contributed by atoms with Crippen LogP contribution < -0.4 is 4.90 Å². The predicted octanol–water partition coefficient (Wildman–Crippen LogP) is 1.44. The molecule has 14 heavy (non-hydrogen) atoms. The molecule has 74 valence electrons. The molecule has 0 spiro atoms. The summed E-state index contributed by atoms with van der Waals surface area (Å²) in [6, 6.07) is 4.56. The van der Waals surface area contributed by atoms with Crippen LogP contribution in [0.4, 0.5) is 10.1 Å². The average Bonchev–Trinajstić information content (AvgIpc) is 2.45. The summed E-state index contributed by atoms with van der Waals surface area (Å²) in [7, 11) is 1.70. The number of hydrogen-bond acceptors (Lipinski definition) is 2. The van der Waals surface area contributed by atoms with Crippen molar-refractivity contribution in [2.75, 3.05) is 18.5 Å². The van der Waals surface area contributed by atoms with Crippen molar-refractivity contribution in [3.8, 4) is 0 Å². The maximum atomic E-state index is 13.3. The van der Waals surface area contributed by atoms with Crippen LogP contribution in [0.15, 0.2) is 18.2 Å². The van der Waals surface area contributed by atoms with Gasteiger partial charge in [0.05, 0.1) is 5.69 Å². The number of halogens is 1. The highest BCUT2D eigenvalue weighted by Gasteiger charge is 2.33. The molecule has 3 nitrogen and oxygen atoms in total. The number of para-hydroxylation sites is 1. The van der Waals surface area contributed by atoms with E-state index in [1.54, 1.807) is 24.1 Å². The van der Waals surface area contributed by atoms with Gasteiger partial charge in [0, 0.05) is 13.6 Å². The number of carboxylic acids is 1. The molecule has 1 heterocycles. The van der Waals surface area contributed by atoms with Gasteiger partial charge in [-0.1, -0.05) is 12.1 Å². The third-order valence-corrected chi connectivity index (χ3v) is 2.53.